The minimum atomic E-state index is -1.20. The molecule has 118 valence electrons. The Morgan fingerprint density at radius 3 is 2.50 bits per heavy atom. The van der Waals surface area contributed by atoms with Gasteiger partial charge in [-0.1, -0.05) is 30.3 Å². The van der Waals surface area contributed by atoms with Crippen molar-refractivity contribution in [1.82, 2.24) is 10.2 Å². The van der Waals surface area contributed by atoms with E-state index in [1.54, 1.807) is 38.2 Å². The summed E-state index contributed by atoms with van der Waals surface area (Å²) in [7, 11) is 1.65. The van der Waals surface area contributed by atoms with Gasteiger partial charge in [0.2, 0.25) is 11.8 Å². The van der Waals surface area contributed by atoms with Gasteiger partial charge < -0.3 is 15.3 Å². The van der Waals surface area contributed by atoms with Crippen LogP contribution in [0.1, 0.15) is 18.9 Å². The minimum Gasteiger partial charge on any atom is -0.481 e. The summed E-state index contributed by atoms with van der Waals surface area (Å²) < 4.78 is 0. The van der Waals surface area contributed by atoms with Gasteiger partial charge in [0.15, 0.2) is 0 Å². The standard InChI is InChI=1S/C16H20N2O4/c1-16(15(21)22,12-6-4-3-5-7-12)10-17-14(20)11-8-13(19)18(2)9-11/h3-7,11H,8-10H2,1-2H3,(H,17,20)(H,21,22). The molecule has 1 aliphatic heterocycles. The Bertz CT molecular complexity index is 587. The normalized spacial score (nSPS) is 20.5. The molecular weight excluding hydrogens is 284 g/mol. The van der Waals surface area contributed by atoms with Gasteiger partial charge in [-0.25, -0.2) is 0 Å². The fraction of sp³-hybridized carbons (Fsp3) is 0.438. The summed E-state index contributed by atoms with van der Waals surface area (Å²) >= 11 is 0. The van der Waals surface area contributed by atoms with Crippen molar-refractivity contribution in [2.75, 3.05) is 20.1 Å². The van der Waals surface area contributed by atoms with Crippen molar-refractivity contribution < 1.29 is 19.5 Å². The van der Waals surface area contributed by atoms with Crippen molar-refractivity contribution in [1.29, 1.82) is 0 Å². The Kier molecular flexibility index (Phi) is 4.49. The number of rotatable bonds is 5. The zero-order chi connectivity index (χ0) is 16.3. The minimum absolute atomic E-state index is 0.0143. The van der Waals surface area contributed by atoms with Gasteiger partial charge in [-0.3, -0.25) is 14.4 Å². The lowest BCUT2D eigenvalue weighted by molar-refractivity contribution is -0.143. The molecule has 2 rings (SSSR count). The lowest BCUT2D eigenvalue weighted by Gasteiger charge is -2.26. The van der Waals surface area contributed by atoms with Gasteiger partial charge >= 0.3 is 5.97 Å². The fourth-order valence-electron chi connectivity index (χ4n) is 2.55. The summed E-state index contributed by atoms with van der Waals surface area (Å²) in [6.07, 6.45) is 0.178. The number of hydrogen-bond donors (Lipinski definition) is 2. The van der Waals surface area contributed by atoms with Crippen LogP contribution in [0.15, 0.2) is 30.3 Å². The highest BCUT2D eigenvalue weighted by molar-refractivity contribution is 5.90. The molecule has 1 fully saturated rings. The first-order chi connectivity index (χ1) is 10.3. The molecule has 1 aliphatic rings. The van der Waals surface area contributed by atoms with Gasteiger partial charge in [-0.15, -0.1) is 0 Å². The van der Waals surface area contributed by atoms with E-state index in [4.69, 9.17) is 0 Å². The van der Waals surface area contributed by atoms with Gasteiger partial charge in [0.1, 0.15) is 5.41 Å². The number of amides is 2. The molecule has 0 aromatic heterocycles. The zero-order valence-electron chi connectivity index (χ0n) is 12.7. The highest BCUT2D eigenvalue weighted by Gasteiger charge is 2.37. The van der Waals surface area contributed by atoms with Crippen molar-refractivity contribution >= 4 is 17.8 Å². The van der Waals surface area contributed by atoms with E-state index in [-0.39, 0.29) is 24.8 Å². The third kappa shape index (κ3) is 3.10. The molecule has 2 N–H and O–H groups in total. The van der Waals surface area contributed by atoms with Gasteiger partial charge in [0.05, 0.1) is 5.92 Å². The third-order valence-corrected chi connectivity index (χ3v) is 4.21. The number of hydrogen-bond acceptors (Lipinski definition) is 3. The maximum absolute atomic E-state index is 12.2. The first-order valence-corrected chi connectivity index (χ1v) is 7.15. The summed E-state index contributed by atoms with van der Waals surface area (Å²) in [5.41, 5.74) is -0.576. The molecule has 0 saturated carbocycles. The van der Waals surface area contributed by atoms with Crippen LogP contribution in [0.2, 0.25) is 0 Å². The Balaban J connectivity index is 2.06. The predicted octanol–water partition coefficient (Wildman–Crippen LogP) is 0.623. The molecule has 6 heteroatoms. The smallest absolute Gasteiger partial charge is 0.315 e. The SMILES string of the molecule is CN1CC(C(=O)NCC(C)(C(=O)O)c2ccccc2)CC1=O. The summed E-state index contributed by atoms with van der Waals surface area (Å²) in [4.78, 5) is 36.8. The van der Waals surface area contributed by atoms with E-state index in [0.29, 0.717) is 12.1 Å². The lowest BCUT2D eigenvalue weighted by Crippen LogP contribution is -2.46. The van der Waals surface area contributed by atoms with E-state index in [1.807, 2.05) is 6.07 Å². The molecule has 1 saturated heterocycles. The molecule has 0 bridgehead atoms. The Hall–Kier alpha value is -2.37. The van der Waals surface area contributed by atoms with Crippen molar-refractivity contribution in [3.63, 3.8) is 0 Å². The highest BCUT2D eigenvalue weighted by atomic mass is 16.4. The van der Waals surface area contributed by atoms with Gasteiger partial charge in [0, 0.05) is 26.6 Å². The number of carbonyl (C=O) groups excluding carboxylic acids is 2. The molecule has 0 aliphatic carbocycles. The molecule has 22 heavy (non-hydrogen) atoms. The van der Waals surface area contributed by atoms with Crippen LogP contribution in [0.3, 0.4) is 0 Å². The van der Waals surface area contributed by atoms with E-state index in [2.05, 4.69) is 5.32 Å². The maximum Gasteiger partial charge on any atom is 0.315 e. The van der Waals surface area contributed by atoms with Crippen LogP contribution in [0.5, 0.6) is 0 Å². The van der Waals surface area contributed by atoms with Crippen LogP contribution in [0.25, 0.3) is 0 Å². The number of nitrogens with one attached hydrogen (secondary N) is 1. The number of aliphatic carboxylic acids is 1. The zero-order valence-corrected chi connectivity index (χ0v) is 12.7. The van der Waals surface area contributed by atoms with Crippen LogP contribution in [-0.2, 0) is 19.8 Å². The second kappa shape index (κ2) is 6.17. The van der Waals surface area contributed by atoms with Crippen molar-refractivity contribution in [3.8, 4) is 0 Å². The molecule has 0 radical (unpaired) electrons. The van der Waals surface area contributed by atoms with Crippen molar-refractivity contribution in [3.05, 3.63) is 35.9 Å². The van der Waals surface area contributed by atoms with Crippen LogP contribution in [0, 0.1) is 5.92 Å². The molecule has 1 aromatic rings. The topological polar surface area (TPSA) is 86.7 Å². The largest absolute Gasteiger partial charge is 0.481 e. The predicted molar refractivity (Wildman–Crippen MR) is 80.2 cm³/mol. The van der Waals surface area contributed by atoms with Crippen molar-refractivity contribution in [2.45, 2.75) is 18.8 Å². The van der Waals surface area contributed by atoms with Crippen LogP contribution in [-0.4, -0.2) is 47.9 Å². The summed E-state index contributed by atoms with van der Waals surface area (Å²) in [6, 6.07) is 8.80. The molecule has 0 spiro atoms. The molecule has 1 heterocycles. The first kappa shape index (κ1) is 16.0. The Morgan fingerprint density at radius 2 is 2.00 bits per heavy atom. The second-order valence-electron chi connectivity index (χ2n) is 5.90. The maximum atomic E-state index is 12.2. The lowest BCUT2D eigenvalue weighted by atomic mass is 9.82. The van der Waals surface area contributed by atoms with E-state index in [9.17, 15) is 19.5 Å². The van der Waals surface area contributed by atoms with Crippen LogP contribution >= 0.6 is 0 Å². The van der Waals surface area contributed by atoms with E-state index < -0.39 is 17.3 Å². The van der Waals surface area contributed by atoms with Gasteiger partial charge in [-0.05, 0) is 12.5 Å². The van der Waals surface area contributed by atoms with Crippen LogP contribution < -0.4 is 5.32 Å². The molecule has 2 unspecified atom stereocenters. The number of benzene rings is 1. The number of carboxylic acid groups (broad SMARTS) is 1. The quantitative estimate of drug-likeness (QED) is 0.835. The molecule has 2 atom stereocenters. The second-order valence-corrected chi connectivity index (χ2v) is 5.90. The number of likely N-dealkylation sites (tertiary alicyclic amines) is 1. The molecule has 1 aromatic carbocycles. The van der Waals surface area contributed by atoms with E-state index in [1.165, 1.54) is 4.90 Å². The van der Waals surface area contributed by atoms with Crippen LogP contribution in [0.4, 0.5) is 0 Å². The summed E-state index contributed by atoms with van der Waals surface area (Å²) in [6.45, 7) is 1.94. The Labute approximate surface area is 129 Å². The number of carboxylic acids is 1. The molecular formula is C16H20N2O4. The highest BCUT2D eigenvalue weighted by Crippen LogP contribution is 2.24. The average Bonchev–Trinajstić information content (AvgIpc) is 2.84. The van der Waals surface area contributed by atoms with Crippen molar-refractivity contribution in [2.24, 2.45) is 5.92 Å². The summed E-state index contributed by atoms with van der Waals surface area (Å²) in [5, 5.41) is 12.2. The Morgan fingerprint density at radius 1 is 1.36 bits per heavy atom. The molecule has 6 nitrogen and oxygen atoms in total. The van der Waals surface area contributed by atoms with E-state index in [0.717, 1.165) is 0 Å². The molecule has 2 amide bonds. The number of nitrogens with zero attached hydrogens (tertiary/aromatic N) is 1. The fourth-order valence-corrected chi connectivity index (χ4v) is 2.55. The third-order valence-electron chi connectivity index (χ3n) is 4.21. The van der Waals surface area contributed by atoms with Gasteiger partial charge in [0.25, 0.3) is 0 Å². The van der Waals surface area contributed by atoms with E-state index >= 15 is 0 Å². The van der Waals surface area contributed by atoms with Gasteiger partial charge in [-0.2, -0.15) is 0 Å². The monoisotopic (exact) mass is 304 g/mol. The summed E-state index contributed by atoms with van der Waals surface area (Å²) in [5.74, 6) is -1.75. The first-order valence-electron chi connectivity index (χ1n) is 7.15. The number of carbonyl (C=O) groups is 3. The average molecular weight is 304 g/mol.